The quantitative estimate of drug-likeness (QED) is 0.839. The van der Waals surface area contributed by atoms with Gasteiger partial charge in [-0.15, -0.1) is 0 Å². The smallest absolute Gasteiger partial charge is 0.256 e. The summed E-state index contributed by atoms with van der Waals surface area (Å²) in [6.07, 6.45) is 1.30. The lowest BCUT2D eigenvalue weighted by molar-refractivity contribution is 0.102. The number of nitrogens with zero attached hydrogens (tertiary/aromatic N) is 1. The van der Waals surface area contributed by atoms with Crippen molar-refractivity contribution in [2.45, 2.75) is 20.8 Å². The van der Waals surface area contributed by atoms with Gasteiger partial charge in [0.05, 0.1) is 11.9 Å². The SMILES string of the molecule is Cc1cc(C)c(C(=O)Nc2ccc(F)nc2)c(C)c1. The number of carbonyl (C=O) groups is 1. The summed E-state index contributed by atoms with van der Waals surface area (Å²) in [4.78, 5) is 15.7. The van der Waals surface area contributed by atoms with E-state index >= 15 is 0 Å². The highest BCUT2D eigenvalue weighted by Gasteiger charge is 2.13. The van der Waals surface area contributed by atoms with Gasteiger partial charge in [0, 0.05) is 5.56 Å². The van der Waals surface area contributed by atoms with Gasteiger partial charge in [-0.25, -0.2) is 4.98 Å². The monoisotopic (exact) mass is 258 g/mol. The van der Waals surface area contributed by atoms with E-state index in [0.717, 1.165) is 16.7 Å². The number of amides is 1. The van der Waals surface area contributed by atoms with Crippen molar-refractivity contribution in [3.05, 3.63) is 58.7 Å². The van der Waals surface area contributed by atoms with Crippen LogP contribution in [0.1, 0.15) is 27.0 Å². The molecule has 2 rings (SSSR count). The van der Waals surface area contributed by atoms with E-state index in [4.69, 9.17) is 0 Å². The first-order valence-corrected chi connectivity index (χ1v) is 5.98. The molecule has 4 heteroatoms. The van der Waals surface area contributed by atoms with E-state index in [1.54, 1.807) is 0 Å². The number of rotatable bonds is 2. The molecule has 0 unspecified atom stereocenters. The molecule has 19 heavy (non-hydrogen) atoms. The molecule has 1 amide bonds. The number of nitrogens with one attached hydrogen (secondary N) is 1. The molecular formula is C15H15FN2O. The Balaban J connectivity index is 2.28. The molecule has 98 valence electrons. The number of aryl methyl sites for hydroxylation is 3. The number of hydrogen-bond acceptors (Lipinski definition) is 2. The molecule has 1 aromatic carbocycles. The van der Waals surface area contributed by atoms with Gasteiger partial charge in [-0.05, 0) is 44.0 Å². The van der Waals surface area contributed by atoms with Crippen LogP contribution in [0.15, 0.2) is 30.5 Å². The minimum Gasteiger partial charge on any atom is -0.321 e. The molecule has 0 fully saturated rings. The van der Waals surface area contributed by atoms with Gasteiger partial charge in [0.25, 0.3) is 5.91 Å². The number of carbonyl (C=O) groups excluding carboxylic acids is 1. The molecule has 0 atom stereocenters. The van der Waals surface area contributed by atoms with Gasteiger partial charge in [-0.2, -0.15) is 4.39 Å². The normalized spacial score (nSPS) is 10.3. The Morgan fingerprint density at radius 3 is 2.32 bits per heavy atom. The molecule has 0 radical (unpaired) electrons. The van der Waals surface area contributed by atoms with Crippen molar-refractivity contribution >= 4 is 11.6 Å². The number of pyridine rings is 1. The third-order valence-electron chi connectivity index (χ3n) is 2.89. The molecular weight excluding hydrogens is 243 g/mol. The fraction of sp³-hybridized carbons (Fsp3) is 0.200. The van der Waals surface area contributed by atoms with Crippen LogP contribution in [0.25, 0.3) is 0 Å². The van der Waals surface area contributed by atoms with E-state index in [9.17, 15) is 9.18 Å². The standard InChI is InChI=1S/C15H15FN2O/c1-9-6-10(2)14(11(3)7-9)15(19)18-12-4-5-13(16)17-8-12/h4-8H,1-3H3,(H,18,19). The molecule has 0 aliphatic carbocycles. The van der Waals surface area contributed by atoms with Crippen LogP contribution in [0.5, 0.6) is 0 Å². The average Bonchev–Trinajstić information content (AvgIpc) is 2.30. The Kier molecular flexibility index (Phi) is 3.60. The minimum absolute atomic E-state index is 0.205. The summed E-state index contributed by atoms with van der Waals surface area (Å²) in [5.74, 6) is -0.774. The first-order valence-electron chi connectivity index (χ1n) is 5.98. The Bertz CT molecular complexity index is 598. The predicted molar refractivity (Wildman–Crippen MR) is 72.8 cm³/mol. The maximum atomic E-state index is 12.7. The van der Waals surface area contributed by atoms with E-state index in [2.05, 4.69) is 10.3 Å². The summed E-state index contributed by atoms with van der Waals surface area (Å²) in [6, 6.07) is 6.62. The van der Waals surface area contributed by atoms with E-state index in [-0.39, 0.29) is 5.91 Å². The number of aromatic nitrogens is 1. The summed E-state index contributed by atoms with van der Waals surface area (Å²) < 4.78 is 12.7. The van der Waals surface area contributed by atoms with Crippen LogP contribution in [0, 0.1) is 26.7 Å². The second kappa shape index (κ2) is 5.18. The number of halogens is 1. The molecule has 3 nitrogen and oxygen atoms in total. The van der Waals surface area contributed by atoms with Gasteiger partial charge < -0.3 is 5.32 Å². The zero-order chi connectivity index (χ0) is 14.0. The van der Waals surface area contributed by atoms with Gasteiger partial charge in [0.1, 0.15) is 0 Å². The Morgan fingerprint density at radius 2 is 1.79 bits per heavy atom. The minimum atomic E-state index is -0.569. The maximum absolute atomic E-state index is 12.7. The summed E-state index contributed by atoms with van der Waals surface area (Å²) in [7, 11) is 0. The van der Waals surface area contributed by atoms with Crippen LogP contribution in [-0.2, 0) is 0 Å². The zero-order valence-corrected chi connectivity index (χ0v) is 11.1. The van der Waals surface area contributed by atoms with Crippen molar-refractivity contribution in [1.82, 2.24) is 4.98 Å². The largest absolute Gasteiger partial charge is 0.321 e. The van der Waals surface area contributed by atoms with Crippen LogP contribution in [0.4, 0.5) is 10.1 Å². The van der Waals surface area contributed by atoms with Crippen molar-refractivity contribution in [3.8, 4) is 0 Å². The average molecular weight is 258 g/mol. The topological polar surface area (TPSA) is 42.0 Å². The lowest BCUT2D eigenvalue weighted by Crippen LogP contribution is -2.15. The van der Waals surface area contributed by atoms with Crippen molar-refractivity contribution < 1.29 is 9.18 Å². The van der Waals surface area contributed by atoms with Gasteiger partial charge >= 0.3 is 0 Å². The molecule has 2 aromatic rings. The van der Waals surface area contributed by atoms with Crippen LogP contribution in [0.3, 0.4) is 0 Å². The second-order valence-corrected chi connectivity index (χ2v) is 4.60. The second-order valence-electron chi connectivity index (χ2n) is 4.60. The first kappa shape index (κ1) is 13.2. The van der Waals surface area contributed by atoms with Crippen LogP contribution < -0.4 is 5.32 Å². The summed E-state index contributed by atoms with van der Waals surface area (Å²) in [5, 5.41) is 2.72. The van der Waals surface area contributed by atoms with Gasteiger partial charge in [0.15, 0.2) is 0 Å². The van der Waals surface area contributed by atoms with Crippen LogP contribution in [0.2, 0.25) is 0 Å². The third-order valence-corrected chi connectivity index (χ3v) is 2.89. The molecule has 0 aliphatic rings. The molecule has 0 saturated heterocycles. The molecule has 0 bridgehead atoms. The van der Waals surface area contributed by atoms with Crippen LogP contribution >= 0.6 is 0 Å². The van der Waals surface area contributed by atoms with E-state index in [0.29, 0.717) is 11.3 Å². The summed E-state index contributed by atoms with van der Waals surface area (Å²) >= 11 is 0. The predicted octanol–water partition coefficient (Wildman–Crippen LogP) is 3.40. The molecule has 1 N–H and O–H groups in total. The molecule has 0 spiro atoms. The number of hydrogen-bond donors (Lipinski definition) is 1. The molecule has 1 aromatic heterocycles. The van der Waals surface area contributed by atoms with Gasteiger partial charge in [0.2, 0.25) is 5.95 Å². The maximum Gasteiger partial charge on any atom is 0.256 e. The lowest BCUT2D eigenvalue weighted by Gasteiger charge is -2.11. The van der Waals surface area contributed by atoms with Crippen molar-refractivity contribution in [2.24, 2.45) is 0 Å². The van der Waals surface area contributed by atoms with Crippen molar-refractivity contribution in [3.63, 3.8) is 0 Å². The highest BCUT2D eigenvalue weighted by molar-refractivity contribution is 6.06. The van der Waals surface area contributed by atoms with E-state index in [1.807, 2.05) is 32.9 Å². The number of benzene rings is 1. The summed E-state index contributed by atoms with van der Waals surface area (Å²) in [6.45, 7) is 5.79. The van der Waals surface area contributed by atoms with Crippen molar-refractivity contribution in [2.75, 3.05) is 5.32 Å². The fourth-order valence-corrected chi connectivity index (χ4v) is 2.18. The van der Waals surface area contributed by atoms with E-state index in [1.165, 1.54) is 18.3 Å². The lowest BCUT2D eigenvalue weighted by atomic mass is 9.99. The van der Waals surface area contributed by atoms with Gasteiger partial charge in [-0.3, -0.25) is 4.79 Å². The molecule has 0 aliphatic heterocycles. The van der Waals surface area contributed by atoms with Crippen LogP contribution in [-0.4, -0.2) is 10.9 Å². The van der Waals surface area contributed by atoms with E-state index < -0.39 is 5.95 Å². The highest BCUT2D eigenvalue weighted by atomic mass is 19.1. The Labute approximate surface area is 111 Å². The van der Waals surface area contributed by atoms with Gasteiger partial charge in [-0.1, -0.05) is 17.7 Å². The molecule has 0 saturated carbocycles. The number of anilines is 1. The Hall–Kier alpha value is -2.23. The molecule has 1 heterocycles. The third kappa shape index (κ3) is 2.96. The highest BCUT2D eigenvalue weighted by Crippen LogP contribution is 2.18. The fourth-order valence-electron chi connectivity index (χ4n) is 2.18. The first-order chi connectivity index (χ1) is 8.97. The zero-order valence-electron chi connectivity index (χ0n) is 11.1. The Morgan fingerprint density at radius 1 is 1.16 bits per heavy atom. The summed E-state index contributed by atoms with van der Waals surface area (Å²) in [5.41, 5.74) is 4.09. The van der Waals surface area contributed by atoms with Crippen molar-refractivity contribution in [1.29, 1.82) is 0 Å².